The van der Waals surface area contributed by atoms with Gasteiger partial charge in [0.2, 0.25) is 0 Å². The van der Waals surface area contributed by atoms with Crippen molar-refractivity contribution in [2.75, 3.05) is 5.32 Å². The molecule has 7 nitrogen and oxygen atoms in total. The number of carbonyl (C=O) groups excluding carboxylic acids is 1. The van der Waals surface area contributed by atoms with Gasteiger partial charge in [-0.25, -0.2) is 9.78 Å². The van der Waals surface area contributed by atoms with Crippen LogP contribution >= 0.6 is 11.3 Å². The van der Waals surface area contributed by atoms with Crippen LogP contribution < -0.4 is 16.6 Å². The number of hydrogen-bond acceptors (Lipinski definition) is 5. The number of carbonyl (C=O) groups is 1. The van der Waals surface area contributed by atoms with Gasteiger partial charge >= 0.3 is 5.69 Å². The number of nitrogens with one attached hydrogen (secondary N) is 1. The quantitative estimate of drug-likeness (QED) is 0.764. The second-order valence-electron chi connectivity index (χ2n) is 5.58. The van der Waals surface area contributed by atoms with E-state index in [0.29, 0.717) is 11.3 Å². The molecule has 0 aromatic carbocycles. The Labute approximate surface area is 141 Å². The molecule has 1 amide bonds. The number of amides is 1. The van der Waals surface area contributed by atoms with Crippen molar-refractivity contribution in [3.8, 4) is 0 Å². The van der Waals surface area contributed by atoms with Gasteiger partial charge in [0.15, 0.2) is 0 Å². The summed E-state index contributed by atoms with van der Waals surface area (Å²) in [6.45, 7) is 3.83. The summed E-state index contributed by atoms with van der Waals surface area (Å²) in [5.74, 6) is -0.250. The average molecular weight is 344 g/mol. The van der Waals surface area contributed by atoms with E-state index < -0.39 is 11.2 Å². The summed E-state index contributed by atoms with van der Waals surface area (Å²) >= 11 is 1.55. The molecule has 24 heavy (non-hydrogen) atoms. The van der Waals surface area contributed by atoms with Gasteiger partial charge in [0, 0.05) is 23.8 Å². The van der Waals surface area contributed by atoms with Crippen molar-refractivity contribution in [3.63, 3.8) is 0 Å². The molecule has 0 aliphatic heterocycles. The lowest BCUT2D eigenvalue weighted by Gasteiger charge is -2.09. The lowest BCUT2D eigenvalue weighted by atomic mass is 10.2. The van der Waals surface area contributed by atoms with E-state index in [-0.39, 0.29) is 16.9 Å². The van der Waals surface area contributed by atoms with Crippen molar-refractivity contribution in [1.82, 2.24) is 14.1 Å². The van der Waals surface area contributed by atoms with Crippen molar-refractivity contribution in [2.24, 2.45) is 14.1 Å². The normalized spacial score (nSPS) is 11.0. The third-order valence-electron chi connectivity index (χ3n) is 3.84. The zero-order chi connectivity index (χ0) is 17.6. The second kappa shape index (κ2) is 5.72. The maximum Gasteiger partial charge on any atom is 0.332 e. The van der Waals surface area contributed by atoms with Gasteiger partial charge in [0.05, 0.1) is 22.8 Å². The summed E-state index contributed by atoms with van der Waals surface area (Å²) in [6.07, 6.45) is 1.44. The molecule has 0 radical (unpaired) electrons. The first-order chi connectivity index (χ1) is 11.3. The molecule has 124 valence electrons. The highest BCUT2D eigenvalue weighted by Crippen LogP contribution is 2.22. The standard InChI is InChI=1S/C16H16N4O3S/c1-8-5-11(9(2)24-8)14(21)18-10-6-12-13(17-7-10)19(3)16(23)20(4)15(12)22/h5-7H,1-4H3,(H,18,21). The number of aromatic nitrogens is 3. The minimum absolute atomic E-state index is 0.250. The van der Waals surface area contributed by atoms with E-state index in [1.807, 2.05) is 19.9 Å². The summed E-state index contributed by atoms with van der Waals surface area (Å²) in [5.41, 5.74) is 0.404. The molecule has 0 unspecified atom stereocenters. The van der Waals surface area contributed by atoms with Gasteiger partial charge in [-0.2, -0.15) is 0 Å². The van der Waals surface area contributed by atoms with E-state index in [0.717, 1.165) is 14.3 Å². The largest absolute Gasteiger partial charge is 0.332 e. The zero-order valence-electron chi connectivity index (χ0n) is 13.7. The van der Waals surface area contributed by atoms with Gasteiger partial charge < -0.3 is 5.32 Å². The Bertz CT molecular complexity index is 1090. The highest BCUT2D eigenvalue weighted by molar-refractivity contribution is 7.12. The van der Waals surface area contributed by atoms with Gasteiger partial charge in [-0.1, -0.05) is 0 Å². The van der Waals surface area contributed by atoms with Crippen LogP contribution in [0.4, 0.5) is 5.69 Å². The molecule has 0 spiro atoms. The van der Waals surface area contributed by atoms with Crippen molar-refractivity contribution >= 4 is 34.0 Å². The molecule has 3 rings (SSSR count). The van der Waals surface area contributed by atoms with Gasteiger partial charge in [-0.3, -0.25) is 18.7 Å². The molecule has 1 N–H and O–H groups in total. The Balaban J connectivity index is 2.06. The SMILES string of the molecule is Cc1cc(C(=O)Nc2cnc3c(c2)c(=O)n(C)c(=O)n3C)c(C)s1. The molecule has 0 atom stereocenters. The molecular formula is C16H16N4O3S. The molecule has 0 bridgehead atoms. The molecular weight excluding hydrogens is 328 g/mol. The van der Waals surface area contributed by atoms with Crippen LogP contribution in [0.15, 0.2) is 27.9 Å². The summed E-state index contributed by atoms with van der Waals surface area (Å²) in [6, 6.07) is 3.36. The van der Waals surface area contributed by atoms with Gasteiger partial charge in [-0.05, 0) is 26.0 Å². The monoisotopic (exact) mass is 344 g/mol. The van der Waals surface area contributed by atoms with E-state index in [1.54, 1.807) is 18.4 Å². The lowest BCUT2D eigenvalue weighted by Crippen LogP contribution is -2.37. The number of thiophene rings is 1. The summed E-state index contributed by atoms with van der Waals surface area (Å²) in [7, 11) is 2.96. The predicted octanol–water partition coefficient (Wildman–Crippen LogP) is 1.56. The number of nitrogens with zero attached hydrogens (tertiary/aromatic N) is 3. The van der Waals surface area contributed by atoms with Crippen LogP contribution in [0, 0.1) is 13.8 Å². The van der Waals surface area contributed by atoms with Crippen LogP contribution in [-0.2, 0) is 14.1 Å². The summed E-state index contributed by atoms with van der Waals surface area (Å²) in [4.78, 5) is 42.7. The van der Waals surface area contributed by atoms with Crippen molar-refractivity contribution < 1.29 is 4.79 Å². The smallest absolute Gasteiger partial charge is 0.321 e. The predicted molar refractivity (Wildman–Crippen MR) is 94.0 cm³/mol. The third-order valence-corrected chi connectivity index (χ3v) is 4.80. The first-order valence-corrected chi connectivity index (χ1v) is 8.05. The van der Waals surface area contributed by atoms with Crippen molar-refractivity contribution in [1.29, 1.82) is 0 Å². The number of rotatable bonds is 2. The molecule has 3 heterocycles. The highest BCUT2D eigenvalue weighted by atomic mass is 32.1. The van der Waals surface area contributed by atoms with Gasteiger partial charge in [-0.15, -0.1) is 11.3 Å². The van der Waals surface area contributed by atoms with Crippen LogP contribution in [0.2, 0.25) is 0 Å². The van der Waals surface area contributed by atoms with Crippen LogP contribution in [0.5, 0.6) is 0 Å². The average Bonchev–Trinajstić information content (AvgIpc) is 2.89. The topological polar surface area (TPSA) is 86.0 Å². The lowest BCUT2D eigenvalue weighted by molar-refractivity contribution is 0.102. The number of fused-ring (bicyclic) bond motifs is 1. The number of aryl methyl sites for hydroxylation is 3. The molecule has 3 aromatic heterocycles. The summed E-state index contributed by atoms with van der Waals surface area (Å²) in [5, 5.41) is 3.03. The number of pyridine rings is 1. The van der Waals surface area contributed by atoms with Crippen LogP contribution in [0.25, 0.3) is 11.0 Å². The van der Waals surface area contributed by atoms with E-state index in [9.17, 15) is 14.4 Å². The Hall–Kier alpha value is -2.74. The molecule has 8 heteroatoms. The Morgan fingerprint density at radius 1 is 1.17 bits per heavy atom. The zero-order valence-corrected chi connectivity index (χ0v) is 14.5. The van der Waals surface area contributed by atoms with Crippen molar-refractivity contribution in [2.45, 2.75) is 13.8 Å². The molecule has 0 fully saturated rings. The molecule has 0 aliphatic carbocycles. The van der Waals surface area contributed by atoms with Crippen LogP contribution in [0.1, 0.15) is 20.1 Å². The highest BCUT2D eigenvalue weighted by Gasteiger charge is 2.14. The minimum Gasteiger partial charge on any atom is -0.321 e. The van der Waals surface area contributed by atoms with E-state index in [2.05, 4.69) is 10.3 Å². The summed E-state index contributed by atoms with van der Waals surface area (Å²) < 4.78 is 2.32. The van der Waals surface area contributed by atoms with Gasteiger partial charge in [0.25, 0.3) is 11.5 Å². The minimum atomic E-state index is -0.445. The van der Waals surface area contributed by atoms with Gasteiger partial charge in [0.1, 0.15) is 5.65 Å². The number of hydrogen-bond donors (Lipinski definition) is 1. The second-order valence-corrected chi connectivity index (χ2v) is 7.04. The molecule has 0 aliphatic rings. The van der Waals surface area contributed by atoms with E-state index in [4.69, 9.17) is 0 Å². The maximum absolute atomic E-state index is 12.4. The Morgan fingerprint density at radius 2 is 1.88 bits per heavy atom. The Kier molecular flexibility index (Phi) is 3.84. The molecule has 0 saturated carbocycles. The Morgan fingerprint density at radius 3 is 2.50 bits per heavy atom. The molecule has 3 aromatic rings. The fourth-order valence-electron chi connectivity index (χ4n) is 2.59. The fraction of sp³-hybridized carbons (Fsp3) is 0.250. The van der Waals surface area contributed by atoms with E-state index in [1.165, 1.54) is 23.9 Å². The first kappa shape index (κ1) is 16.1. The third kappa shape index (κ3) is 2.54. The fourth-order valence-corrected chi connectivity index (χ4v) is 3.51. The maximum atomic E-state index is 12.4. The first-order valence-electron chi connectivity index (χ1n) is 7.23. The molecule has 0 saturated heterocycles. The van der Waals surface area contributed by atoms with Crippen LogP contribution in [-0.4, -0.2) is 20.0 Å². The van der Waals surface area contributed by atoms with Crippen LogP contribution in [0.3, 0.4) is 0 Å². The van der Waals surface area contributed by atoms with E-state index >= 15 is 0 Å². The van der Waals surface area contributed by atoms with Crippen molar-refractivity contribution in [3.05, 3.63) is 54.5 Å². The number of anilines is 1.